The van der Waals surface area contributed by atoms with Crippen LogP contribution in [0.1, 0.15) is 30.1 Å². The Bertz CT molecular complexity index is 525. The van der Waals surface area contributed by atoms with E-state index in [1.165, 1.54) is 12.1 Å². The van der Waals surface area contributed by atoms with E-state index in [0.29, 0.717) is 13.0 Å². The van der Waals surface area contributed by atoms with Crippen LogP contribution in [0.5, 0.6) is 0 Å². The van der Waals surface area contributed by atoms with Crippen molar-refractivity contribution in [3.63, 3.8) is 0 Å². The van der Waals surface area contributed by atoms with Crippen molar-refractivity contribution in [2.75, 3.05) is 17.1 Å². The molecule has 0 aliphatic carbocycles. The molecule has 0 unspecified atom stereocenters. The zero-order chi connectivity index (χ0) is 13.8. The number of nitrogens with zero attached hydrogens (tertiary/aromatic N) is 1. The summed E-state index contributed by atoms with van der Waals surface area (Å²) in [5.41, 5.74) is 0.222. The Morgan fingerprint density at radius 2 is 1.94 bits per heavy atom. The second-order valence-electron chi connectivity index (χ2n) is 4.01. The highest BCUT2D eigenvalue weighted by Crippen LogP contribution is 2.23. The van der Waals surface area contributed by atoms with Gasteiger partial charge in [-0.15, -0.1) is 0 Å². The zero-order valence-corrected chi connectivity index (χ0v) is 11.3. The van der Waals surface area contributed by atoms with E-state index in [2.05, 4.69) is 0 Å². The summed E-state index contributed by atoms with van der Waals surface area (Å²) in [7, 11) is -3.48. The highest BCUT2D eigenvalue weighted by molar-refractivity contribution is 7.92. The number of hydrogen-bond acceptors (Lipinski definition) is 3. The molecule has 0 aliphatic rings. The van der Waals surface area contributed by atoms with E-state index in [4.69, 9.17) is 5.11 Å². The number of carboxylic acid groups (broad SMARTS) is 1. The van der Waals surface area contributed by atoms with Crippen LogP contribution < -0.4 is 4.31 Å². The molecule has 18 heavy (non-hydrogen) atoms. The SMILES string of the molecule is CCCCN(c1ccccc1C(=O)O)S(C)(=O)=O. The molecule has 0 aromatic heterocycles. The first kappa shape index (κ1) is 14.5. The van der Waals surface area contributed by atoms with E-state index >= 15 is 0 Å². The van der Waals surface area contributed by atoms with Crippen LogP contribution in [-0.2, 0) is 10.0 Å². The molecule has 5 nitrogen and oxygen atoms in total. The lowest BCUT2D eigenvalue weighted by molar-refractivity contribution is 0.0698. The molecule has 1 aromatic carbocycles. The molecule has 0 atom stereocenters. The summed E-state index contributed by atoms with van der Waals surface area (Å²) >= 11 is 0. The fraction of sp³-hybridized carbons (Fsp3) is 0.417. The van der Waals surface area contributed by atoms with Gasteiger partial charge in [0, 0.05) is 6.54 Å². The van der Waals surface area contributed by atoms with Gasteiger partial charge >= 0.3 is 5.97 Å². The van der Waals surface area contributed by atoms with Crippen LogP contribution in [-0.4, -0.2) is 32.3 Å². The number of carbonyl (C=O) groups is 1. The number of aromatic carboxylic acids is 1. The lowest BCUT2D eigenvalue weighted by Crippen LogP contribution is -2.32. The van der Waals surface area contributed by atoms with Gasteiger partial charge in [0.25, 0.3) is 0 Å². The number of sulfonamides is 1. The van der Waals surface area contributed by atoms with Crippen LogP contribution >= 0.6 is 0 Å². The van der Waals surface area contributed by atoms with Crippen molar-refractivity contribution in [2.24, 2.45) is 0 Å². The molecule has 0 radical (unpaired) electrons. The van der Waals surface area contributed by atoms with Crippen LogP contribution in [0.2, 0.25) is 0 Å². The minimum absolute atomic E-state index is 0.000900. The van der Waals surface area contributed by atoms with E-state index < -0.39 is 16.0 Å². The molecular formula is C12H17NO4S. The smallest absolute Gasteiger partial charge is 0.337 e. The van der Waals surface area contributed by atoms with Gasteiger partial charge in [0.05, 0.1) is 17.5 Å². The summed E-state index contributed by atoms with van der Waals surface area (Å²) in [6.45, 7) is 2.24. The fourth-order valence-electron chi connectivity index (χ4n) is 1.64. The predicted molar refractivity (Wildman–Crippen MR) is 70.5 cm³/mol. The molecular weight excluding hydrogens is 254 g/mol. The molecule has 0 heterocycles. The Hall–Kier alpha value is -1.56. The molecule has 0 bridgehead atoms. The third kappa shape index (κ3) is 3.46. The standard InChI is InChI=1S/C12H17NO4S/c1-3-4-9-13(18(2,16)17)11-8-6-5-7-10(11)12(14)15/h5-8H,3-4,9H2,1-2H3,(H,14,15). The number of hydrogen-bond donors (Lipinski definition) is 1. The number of benzene rings is 1. The first-order valence-corrected chi connectivity index (χ1v) is 7.52. The van der Waals surface area contributed by atoms with E-state index in [-0.39, 0.29) is 11.3 Å². The van der Waals surface area contributed by atoms with Crippen molar-refractivity contribution in [1.29, 1.82) is 0 Å². The molecule has 6 heteroatoms. The van der Waals surface area contributed by atoms with Gasteiger partial charge in [-0.25, -0.2) is 13.2 Å². The maximum Gasteiger partial charge on any atom is 0.337 e. The number of carboxylic acids is 1. The molecule has 0 aliphatic heterocycles. The van der Waals surface area contributed by atoms with Crippen molar-refractivity contribution in [2.45, 2.75) is 19.8 Å². The van der Waals surface area contributed by atoms with E-state index in [9.17, 15) is 13.2 Å². The van der Waals surface area contributed by atoms with Gasteiger partial charge in [0.2, 0.25) is 10.0 Å². The fourth-order valence-corrected chi connectivity index (χ4v) is 2.62. The minimum atomic E-state index is -3.48. The molecule has 0 fully saturated rings. The van der Waals surface area contributed by atoms with Crippen LogP contribution in [0.3, 0.4) is 0 Å². The second kappa shape index (κ2) is 5.86. The van der Waals surface area contributed by atoms with Gasteiger partial charge < -0.3 is 5.11 Å². The summed E-state index contributed by atoms with van der Waals surface area (Å²) in [5.74, 6) is -1.13. The van der Waals surface area contributed by atoms with E-state index in [1.54, 1.807) is 12.1 Å². The maximum atomic E-state index is 11.7. The molecule has 1 N–H and O–H groups in total. The summed E-state index contributed by atoms with van der Waals surface area (Å²) < 4.78 is 24.6. The van der Waals surface area contributed by atoms with Crippen LogP contribution in [0, 0.1) is 0 Å². The lowest BCUT2D eigenvalue weighted by Gasteiger charge is -2.23. The van der Waals surface area contributed by atoms with E-state index in [0.717, 1.165) is 17.0 Å². The Balaban J connectivity index is 3.25. The van der Waals surface area contributed by atoms with Crippen molar-refractivity contribution in [1.82, 2.24) is 0 Å². The maximum absolute atomic E-state index is 11.7. The van der Waals surface area contributed by atoms with Crippen molar-refractivity contribution in [3.05, 3.63) is 29.8 Å². The molecule has 0 saturated carbocycles. The number of para-hydroxylation sites is 1. The van der Waals surface area contributed by atoms with Gasteiger partial charge in [0.15, 0.2) is 0 Å². The Morgan fingerprint density at radius 3 is 2.44 bits per heavy atom. The molecule has 0 amide bonds. The summed E-state index contributed by atoms with van der Waals surface area (Å²) in [6, 6.07) is 6.13. The van der Waals surface area contributed by atoms with Crippen molar-refractivity contribution < 1.29 is 18.3 Å². The number of rotatable bonds is 6. The zero-order valence-electron chi connectivity index (χ0n) is 10.5. The number of anilines is 1. The van der Waals surface area contributed by atoms with Gasteiger partial charge in [-0.05, 0) is 18.6 Å². The highest BCUT2D eigenvalue weighted by atomic mass is 32.2. The highest BCUT2D eigenvalue weighted by Gasteiger charge is 2.21. The first-order chi connectivity index (χ1) is 8.38. The normalized spacial score (nSPS) is 11.2. The monoisotopic (exact) mass is 271 g/mol. The van der Waals surface area contributed by atoms with Crippen molar-refractivity contribution >= 4 is 21.7 Å². The summed E-state index contributed by atoms with van der Waals surface area (Å²) in [5, 5.41) is 9.08. The topological polar surface area (TPSA) is 74.7 Å². The number of unbranched alkanes of at least 4 members (excludes halogenated alkanes) is 1. The second-order valence-corrected chi connectivity index (χ2v) is 5.92. The lowest BCUT2D eigenvalue weighted by atomic mass is 10.1. The molecule has 0 spiro atoms. The summed E-state index contributed by atoms with van der Waals surface area (Å²) in [6.07, 6.45) is 2.60. The van der Waals surface area contributed by atoms with Crippen LogP contribution in [0.15, 0.2) is 24.3 Å². The molecule has 1 aromatic rings. The Labute approximate surface area is 107 Å². The van der Waals surface area contributed by atoms with Crippen LogP contribution in [0.25, 0.3) is 0 Å². The third-order valence-electron chi connectivity index (χ3n) is 2.52. The minimum Gasteiger partial charge on any atom is -0.478 e. The Kier molecular flexibility index (Phi) is 4.72. The quantitative estimate of drug-likeness (QED) is 0.858. The molecule has 100 valence electrons. The van der Waals surface area contributed by atoms with Crippen LogP contribution in [0.4, 0.5) is 5.69 Å². The summed E-state index contributed by atoms with van der Waals surface area (Å²) in [4.78, 5) is 11.1. The van der Waals surface area contributed by atoms with Gasteiger partial charge in [-0.2, -0.15) is 0 Å². The van der Waals surface area contributed by atoms with Crippen molar-refractivity contribution in [3.8, 4) is 0 Å². The predicted octanol–water partition coefficient (Wildman–Crippen LogP) is 1.95. The molecule has 1 rings (SSSR count). The molecule has 0 saturated heterocycles. The van der Waals surface area contributed by atoms with E-state index in [1.807, 2.05) is 6.92 Å². The van der Waals surface area contributed by atoms with Gasteiger partial charge in [-0.3, -0.25) is 4.31 Å². The largest absolute Gasteiger partial charge is 0.478 e. The van der Waals surface area contributed by atoms with Gasteiger partial charge in [-0.1, -0.05) is 25.5 Å². The average molecular weight is 271 g/mol. The Morgan fingerprint density at radius 1 is 1.33 bits per heavy atom. The first-order valence-electron chi connectivity index (χ1n) is 5.68. The average Bonchev–Trinajstić information content (AvgIpc) is 2.28. The third-order valence-corrected chi connectivity index (χ3v) is 3.70. The van der Waals surface area contributed by atoms with Gasteiger partial charge in [0.1, 0.15) is 0 Å².